The Morgan fingerprint density at radius 1 is 0.933 bits per heavy atom. The molecule has 0 aromatic heterocycles. The lowest BCUT2D eigenvalue weighted by molar-refractivity contribution is -0.140. The molecule has 1 unspecified atom stereocenters. The quantitative estimate of drug-likeness (QED) is 0.804. The molecular formula is C23H31N3O4. The predicted octanol–water partition coefficient (Wildman–Crippen LogP) is 2.86. The molecule has 2 amide bonds. The number of benzene rings is 1. The second-order valence-electron chi connectivity index (χ2n) is 9.04. The number of rotatable bonds is 5. The minimum absolute atomic E-state index is 0.0551. The Labute approximate surface area is 177 Å². The fraction of sp³-hybridized carbons (Fsp3) is 0.652. The average molecular weight is 414 g/mol. The number of carbonyl (C=O) groups excluding carboxylic acids is 2. The summed E-state index contributed by atoms with van der Waals surface area (Å²) in [5, 5.41) is 3.12. The number of hydrogen-bond donors (Lipinski definition) is 1. The highest BCUT2D eigenvalue weighted by molar-refractivity contribution is 5.95. The SMILES string of the molecule is O=C(Nc1ccc2c(c1)OCO2)C(C1CCCC1)N1CCN(C(=O)C2CCC2)CC1. The van der Waals surface area contributed by atoms with E-state index in [1.54, 1.807) is 0 Å². The molecule has 5 rings (SSSR count). The van der Waals surface area contributed by atoms with Crippen LogP contribution in [-0.4, -0.2) is 60.6 Å². The lowest BCUT2D eigenvalue weighted by Gasteiger charge is -2.42. The van der Waals surface area contributed by atoms with Crippen LogP contribution < -0.4 is 14.8 Å². The molecule has 30 heavy (non-hydrogen) atoms. The van der Waals surface area contributed by atoms with Gasteiger partial charge in [-0.1, -0.05) is 19.3 Å². The van der Waals surface area contributed by atoms with Crippen LogP contribution in [0.3, 0.4) is 0 Å². The molecule has 0 spiro atoms. The van der Waals surface area contributed by atoms with E-state index >= 15 is 0 Å². The molecular weight excluding hydrogens is 382 g/mol. The van der Waals surface area contributed by atoms with Crippen molar-refractivity contribution in [2.75, 3.05) is 38.3 Å². The van der Waals surface area contributed by atoms with Crippen LogP contribution >= 0.6 is 0 Å². The third-order valence-corrected chi connectivity index (χ3v) is 7.23. The molecule has 162 valence electrons. The third kappa shape index (κ3) is 3.87. The summed E-state index contributed by atoms with van der Waals surface area (Å²) in [5.74, 6) is 2.40. The Hall–Kier alpha value is -2.28. The summed E-state index contributed by atoms with van der Waals surface area (Å²) in [6.45, 7) is 3.23. The van der Waals surface area contributed by atoms with Crippen molar-refractivity contribution in [3.63, 3.8) is 0 Å². The maximum absolute atomic E-state index is 13.4. The highest BCUT2D eigenvalue weighted by Crippen LogP contribution is 2.36. The number of amides is 2. The molecule has 1 saturated heterocycles. The van der Waals surface area contributed by atoms with E-state index in [-0.39, 0.29) is 24.7 Å². The van der Waals surface area contributed by atoms with Gasteiger partial charge in [0.05, 0.1) is 6.04 Å². The van der Waals surface area contributed by atoms with Gasteiger partial charge in [-0.25, -0.2) is 0 Å². The van der Waals surface area contributed by atoms with Gasteiger partial charge in [0, 0.05) is 43.9 Å². The van der Waals surface area contributed by atoms with Crippen LogP contribution in [0.1, 0.15) is 44.9 Å². The third-order valence-electron chi connectivity index (χ3n) is 7.23. The molecule has 7 heteroatoms. The topological polar surface area (TPSA) is 71.1 Å². The highest BCUT2D eigenvalue weighted by atomic mass is 16.7. The molecule has 7 nitrogen and oxygen atoms in total. The molecule has 1 aromatic carbocycles. The van der Waals surface area contributed by atoms with Crippen LogP contribution in [0.25, 0.3) is 0 Å². The van der Waals surface area contributed by atoms with Crippen molar-refractivity contribution >= 4 is 17.5 Å². The predicted molar refractivity (Wildman–Crippen MR) is 112 cm³/mol. The summed E-state index contributed by atoms with van der Waals surface area (Å²) >= 11 is 0. The summed E-state index contributed by atoms with van der Waals surface area (Å²) in [5.41, 5.74) is 0.742. The van der Waals surface area contributed by atoms with Crippen LogP contribution in [-0.2, 0) is 9.59 Å². The van der Waals surface area contributed by atoms with Crippen molar-refractivity contribution < 1.29 is 19.1 Å². The van der Waals surface area contributed by atoms with Crippen LogP contribution in [0.4, 0.5) is 5.69 Å². The van der Waals surface area contributed by atoms with Gasteiger partial charge in [-0.2, -0.15) is 0 Å². The molecule has 3 fully saturated rings. The Morgan fingerprint density at radius 3 is 2.37 bits per heavy atom. The van der Waals surface area contributed by atoms with Gasteiger partial charge in [0.1, 0.15) is 0 Å². The Kier molecular flexibility index (Phi) is 5.54. The molecule has 0 radical (unpaired) electrons. The minimum atomic E-state index is -0.140. The van der Waals surface area contributed by atoms with Crippen LogP contribution in [0.5, 0.6) is 11.5 Å². The lowest BCUT2D eigenvalue weighted by atomic mass is 9.84. The zero-order valence-electron chi connectivity index (χ0n) is 17.5. The zero-order chi connectivity index (χ0) is 20.5. The normalized spacial score (nSPS) is 23.3. The zero-order valence-corrected chi connectivity index (χ0v) is 17.5. The summed E-state index contributed by atoms with van der Waals surface area (Å²) in [6.07, 6.45) is 7.85. The van der Waals surface area contributed by atoms with Crippen molar-refractivity contribution in [1.82, 2.24) is 9.80 Å². The van der Waals surface area contributed by atoms with Crippen molar-refractivity contribution in [2.45, 2.75) is 51.0 Å². The first-order valence-corrected chi connectivity index (χ1v) is 11.4. The fourth-order valence-corrected chi connectivity index (χ4v) is 5.28. The number of nitrogens with zero attached hydrogens (tertiary/aromatic N) is 2. The van der Waals surface area contributed by atoms with Crippen LogP contribution in [0.2, 0.25) is 0 Å². The Bertz CT molecular complexity index is 796. The summed E-state index contributed by atoms with van der Waals surface area (Å²) in [7, 11) is 0. The molecule has 0 bridgehead atoms. The van der Waals surface area contributed by atoms with Gasteiger partial charge < -0.3 is 19.7 Å². The van der Waals surface area contributed by atoms with E-state index in [2.05, 4.69) is 10.2 Å². The first-order chi connectivity index (χ1) is 14.7. The largest absolute Gasteiger partial charge is 0.454 e. The number of anilines is 1. The van der Waals surface area contributed by atoms with Crippen LogP contribution in [0.15, 0.2) is 18.2 Å². The monoisotopic (exact) mass is 413 g/mol. The average Bonchev–Trinajstić information content (AvgIpc) is 3.39. The maximum atomic E-state index is 13.4. The summed E-state index contributed by atoms with van der Waals surface area (Å²) in [6, 6.07) is 5.40. The van der Waals surface area contributed by atoms with Gasteiger partial charge in [0.2, 0.25) is 18.6 Å². The highest BCUT2D eigenvalue weighted by Gasteiger charge is 2.38. The maximum Gasteiger partial charge on any atom is 0.242 e. The van der Waals surface area contributed by atoms with Gasteiger partial charge >= 0.3 is 0 Å². The van der Waals surface area contributed by atoms with Crippen LogP contribution in [0, 0.1) is 11.8 Å². The number of ether oxygens (including phenoxy) is 2. The number of piperazine rings is 1. The summed E-state index contributed by atoms with van der Waals surface area (Å²) < 4.78 is 10.8. The van der Waals surface area contributed by atoms with E-state index in [0.717, 1.165) is 57.5 Å². The minimum Gasteiger partial charge on any atom is -0.454 e. The molecule has 2 saturated carbocycles. The van der Waals surface area contributed by atoms with Crippen molar-refractivity contribution in [1.29, 1.82) is 0 Å². The van der Waals surface area contributed by atoms with E-state index < -0.39 is 0 Å². The van der Waals surface area contributed by atoms with Gasteiger partial charge in [0.25, 0.3) is 0 Å². The number of fused-ring (bicyclic) bond motifs is 1. The van der Waals surface area contributed by atoms with E-state index in [4.69, 9.17) is 9.47 Å². The first-order valence-electron chi connectivity index (χ1n) is 11.4. The summed E-state index contributed by atoms with van der Waals surface area (Å²) in [4.78, 5) is 30.3. The molecule has 1 atom stereocenters. The molecule has 1 N–H and O–H groups in total. The van der Waals surface area contributed by atoms with E-state index in [9.17, 15) is 9.59 Å². The number of hydrogen-bond acceptors (Lipinski definition) is 5. The standard InChI is InChI=1S/C23H31N3O4/c27-22(24-18-8-9-19-20(14-18)30-15-29-19)21(16-4-1-2-5-16)25-10-12-26(13-11-25)23(28)17-6-3-7-17/h8-9,14,16-17,21H,1-7,10-13,15H2,(H,24,27). The van der Waals surface area contributed by atoms with Gasteiger partial charge in [0.15, 0.2) is 11.5 Å². The Balaban J connectivity index is 1.25. The molecule has 2 heterocycles. The molecule has 1 aromatic rings. The van der Waals surface area contributed by atoms with E-state index in [1.165, 1.54) is 19.3 Å². The molecule has 2 aliphatic heterocycles. The molecule has 2 aliphatic carbocycles. The van der Waals surface area contributed by atoms with Gasteiger partial charge in [-0.05, 0) is 43.7 Å². The second kappa shape index (κ2) is 8.46. The second-order valence-corrected chi connectivity index (χ2v) is 9.04. The van der Waals surface area contributed by atoms with Crippen molar-refractivity contribution in [3.8, 4) is 11.5 Å². The van der Waals surface area contributed by atoms with Gasteiger partial charge in [-0.3, -0.25) is 14.5 Å². The Morgan fingerprint density at radius 2 is 1.67 bits per heavy atom. The van der Waals surface area contributed by atoms with E-state index in [1.807, 2.05) is 23.1 Å². The van der Waals surface area contributed by atoms with Gasteiger partial charge in [-0.15, -0.1) is 0 Å². The number of nitrogens with one attached hydrogen (secondary N) is 1. The van der Waals surface area contributed by atoms with Crippen molar-refractivity contribution in [2.24, 2.45) is 11.8 Å². The number of carbonyl (C=O) groups is 2. The van der Waals surface area contributed by atoms with Crippen molar-refractivity contribution in [3.05, 3.63) is 18.2 Å². The molecule has 4 aliphatic rings. The lowest BCUT2D eigenvalue weighted by Crippen LogP contribution is -2.57. The van der Waals surface area contributed by atoms with E-state index in [0.29, 0.717) is 23.3 Å². The fourth-order valence-electron chi connectivity index (χ4n) is 5.28. The first kappa shape index (κ1) is 19.7. The smallest absolute Gasteiger partial charge is 0.242 e.